The summed E-state index contributed by atoms with van der Waals surface area (Å²) in [5.74, 6) is -0.291. The second kappa shape index (κ2) is 7.86. The van der Waals surface area contributed by atoms with Crippen molar-refractivity contribution >= 4 is 50.8 Å². The number of aromatic nitrogens is 3. The highest BCUT2D eigenvalue weighted by Gasteiger charge is 2.28. The minimum atomic E-state index is -0.168. The van der Waals surface area contributed by atoms with Crippen LogP contribution in [-0.2, 0) is 9.53 Å². The number of benzene rings is 2. The molecule has 2 N–H and O–H groups in total. The maximum absolute atomic E-state index is 12.7. The van der Waals surface area contributed by atoms with Gasteiger partial charge in [0.15, 0.2) is 5.65 Å². The van der Waals surface area contributed by atoms with E-state index in [1.54, 1.807) is 11.8 Å². The molecule has 3 heterocycles. The number of piperidine rings is 1. The zero-order valence-corrected chi connectivity index (χ0v) is 17.2. The summed E-state index contributed by atoms with van der Waals surface area (Å²) in [6, 6.07) is 13.3. The van der Waals surface area contributed by atoms with Gasteiger partial charge < -0.3 is 19.9 Å². The first-order valence-electron chi connectivity index (χ1n) is 10.5. The summed E-state index contributed by atoms with van der Waals surface area (Å²) in [6.45, 7) is 3.25. The van der Waals surface area contributed by atoms with Gasteiger partial charge in [0.1, 0.15) is 5.52 Å². The molecule has 1 saturated heterocycles. The Labute approximate surface area is 178 Å². The maximum atomic E-state index is 12.7. The summed E-state index contributed by atoms with van der Waals surface area (Å²) in [6.07, 6.45) is 1.24. The highest BCUT2D eigenvalue weighted by atomic mass is 16.5. The number of hydrogen-bond acceptors (Lipinski definition) is 5. The molecule has 0 unspecified atom stereocenters. The number of para-hydroxylation sites is 2. The Hall–Kier alpha value is -3.68. The van der Waals surface area contributed by atoms with Gasteiger partial charge >= 0.3 is 12.0 Å². The van der Waals surface area contributed by atoms with Crippen molar-refractivity contribution in [1.82, 2.24) is 19.9 Å². The van der Waals surface area contributed by atoms with Crippen LogP contribution in [0.5, 0.6) is 0 Å². The molecule has 8 nitrogen and oxygen atoms in total. The number of urea groups is 1. The Morgan fingerprint density at radius 3 is 2.61 bits per heavy atom. The van der Waals surface area contributed by atoms with Gasteiger partial charge in [-0.15, -0.1) is 0 Å². The number of likely N-dealkylation sites (tertiary alicyclic amines) is 1. The van der Waals surface area contributed by atoms with Crippen LogP contribution in [0.1, 0.15) is 19.8 Å². The van der Waals surface area contributed by atoms with Crippen LogP contribution in [0, 0.1) is 5.92 Å². The maximum Gasteiger partial charge on any atom is 0.321 e. The second-order valence-corrected chi connectivity index (χ2v) is 7.74. The largest absolute Gasteiger partial charge is 0.466 e. The number of nitrogens with zero attached hydrogens (tertiary/aromatic N) is 3. The third kappa shape index (κ3) is 3.65. The lowest BCUT2D eigenvalue weighted by molar-refractivity contribution is -0.149. The molecule has 0 aliphatic carbocycles. The van der Waals surface area contributed by atoms with E-state index in [1.807, 2.05) is 42.5 Å². The van der Waals surface area contributed by atoms with E-state index in [1.165, 1.54) is 0 Å². The molecule has 5 rings (SSSR count). The lowest BCUT2D eigenvalue weighted by atomic mass is 9.97. The first-order valence-corrected chi connectivity index (χ1v) is 10.5. The van der Waals surface area contributed by atoms with Gasteiger partial charge in [-0.2, -0.15) is 0 Å². The van der Waals surface area contributed by atoms with Crippen molar-refractivity contribution in [3.8, 4) is 0 Å². The predicted octanol–water partition coefficient (Wildman–Crippen LogP) is 4.07. The van der Waals surface area contributed by atoms with Gasteiger partial charge in [0.25, 0.3) is 0 Å². The molecule has 1 aliphatic rings. The van der Waals surface area contributed by atoms with Crippen molar-refractivity contribution < 1.29 is 14.3 Å². The predicted molar refractivity (Wildman–Crippen MR) is 119 cm³/mol. The number of ether oxygens (including phenoxy) is 1. The number of carbonyl (C=O) groups is 2. The van der Waals surface area contributed by atoms with Crippen LogP contribution in [0.4, 0.5) is 10.5 Å². The van der Waals surface area contributed by atoms with E-state index in [0.717, 1.165) is 33.1 Å². The summed E-state index contributed by atoms with van der Waals surface area (Å²) < 4.78 is 5.10. The van der Waals surface area contributed by atoms with E-state index >= 15 is 0 Å². The molecule has 1 fully saturated rings. The molecule has 31 heavy (non-hydrogen) atoms. The first kappa shape index (κ1) is 19.3. The molecule has 2 aromatic carbocycles. The Morgan fingerprint density at radius 2 is 1.87 bits per heavy atom. The molecular weight excluding hydrogens is 394 g/mol. The SMILES string of the molecule is CCOC(=O)C1CCN(C(=O)Nc2ccc3[nH]c4nc5ccccc5nc4c3c2)CC1. The molecule has 158 valence electrons. The van der Waals surface area contributed by atoms with Crippen LogP contribution in [-0.4, -0.2) is 51.5 Å². The van der Waals surface area contributed by atoms with Crippen LogP contribution < -0.4 is 5.32 Å². The molecule has 0 bridgehead atoms. The molecule has 1 aliphatic heterocycles. The van der Waals surface area contributed by atoms with Gasteiger partial charge in [-0.1, -0.05) is 12.1 Å². The van der Waals surface area contributed by atoms with Gasteiger partial charge in [-0.05, 0) is 50.1 Å². The van der Waals surface area contributed by atoms with E-state index in [0.29, 0.717) is 38.2 Å². The van der Waals surface area contributed by atoms with Crippen molar-refractivity contribution in [2.75, 3.05) is 25.0 Å². The van der Waals surface area contributed by atoms with E-state index < -0.39 is 0 Å². The smallest absolute Gasteiger partial charge is 0.321 e. The number of nitrogens with one attached hydrogen (secondary N) is 2. The molecule has 0 saturated carbocycles. The lowest BCUT2D eigenvalue weighted by Gasteiger charge is -2.30. The zero-order valence-electron chi connectivity index (χ0n) is 17.2. The highest BCUT2D eigenvalue weighted by molar-refractivity contribution is 6.07. The number of carbonyl (C=O) groups excluding carboxylic acids is 2. The fourth-order valence-electron chi connectivity index (χ4n) is 4.11. The van der Waals surface area contributed by atoms with Gasteiger partial charge in [-0.25, -0.2) is 14.8 Å². The van der Waals surface area contributed by atoms with Crippen molar-refractivity contribution in [3.63, 3.8) is 0 Å². The van der Waals surface area contributed by atoms with Gasteiger partial charge in [0.2, 0.25) is 0 Å². The average Bonchev–Trinajstić information content (AvgIpc) is 3.14. The molecule has 0 spiro atoms. The average molecular weight is 417 g/mol. The Morgan fingerprint density at radius 1 is 1.13 bits per heavy atom. The molecule has 0 radical (unpaired) electrons. The normalized spacial score (nSPS) is 14.9. The van der Waals surface area contributed by atoms with Gasteiger partial charge in [-0.3, -0.25) is 4.79 Å². The van der Waals surface area contributed by atoms with E-state index in [-0.39, 0.29) is 17.9 Å². The summed E-state index contributed by atoms with van der Waals surface area (Å²) in [7, 11) is 0. The lowest BCUT2D eigenvalue weighted by Crippen LogP contribution is -2.42. The van der Waals surface area contributed by atoms with Crippen LogP contribution in [0.25, 0.3) is 33.1 Å². The molecule has 2 amide bonds. The number of anilines is 1. The Kier molecular flexibility index (Phi) is 4.89. The minimum absolute atomic E-state index is 0.125. The highest BCUT2D eigenvalue weighted by Crippen LogP contribution is 2.28. The van der Waals surface area contributed by atoms with Gasteiger partial charge in [0.05, 0.1) is 23.6 Å². The third-order valence-electron chi connectivity index (χ3n) is 5.75. The molecule has 4 aromatic rings. The molecule has 2 aromatic heterocycles. The molecule has 0 atom stereocenters. The van der Waals surface area contributed by atoms with Crippen LogP contribution in [0.3, 0.4) is 0 Å². The van der Waals surface area contributed by atoms with Crippen molar-refractivity contribution in [2.45, 2.75) is 19.8 Å². The quantitative estimate of drug-likeness (QED) is 0.490. The van der Waals surface area contributed by atoms with Crippen molar-refractivity contribution in [2.24, 2.45) is 5.92 Å². The number of rotatable bonds is 3. The van der Waals surface area contributed by atoms with Crippen LogP contribution in [0.15, 0.2) is 42.5 Å². The number of H-pyrrole nitrogens is 1. The third-order valence-corrected chi connectivity index (χ3v) is 5.75. The van der Waals surface area contributed by atoms with Gasteiger partial charge in [0, 0.05) is 29.7 Å². The van der Waals surface area contributed by atoms with Crippen LogP contribution >= 0.6 is 0 Å². The fourth-order valence-corrected chi connectivity index (χ4v) is 4.11. The number of hydrogen-bond donors (Lipinski definition) is 2. The fraction of sp³-hybridized carbons (Fsp3) is 0.304. The molecule has 8 heteroatoms. The number of esters is 1. The Balaban J connectivity index is 1.34. The number of fused-ring (bicyclic) bond motifs is 4. The number of aromatic amines is 1. The van der Waals surface area contributed by atoms with E-state index in [2.05, 4.69) is 15.3 Å². The second-order valence-electron chi connectivity index (χ2n) is 7.74. The summed E-state index contributed by atoms with van der Waals surface area (Å²) in [5.41, 5.74) is 4.77. The van der Waals surface area contributed by atoms with Crippen molar-refractivity contribution in [1.29, 1.82) is 0 Å². The van der Waals surface area contributed by atoms with Crippen LogP contribution in [0.2, 0.25) is 0 Å². The minimum Gasteiger partial charge on any atom is -0.466 e. The number of amides is 2. The van der Waals surface area contributed by atoms with Crippen molar-refractivity contribution in [3.05, 3.63) is 42.5 Å². The van der Waals surface area contributed by atoms with E-state index in [9.17, 15) is 9.59 Å². The first-order chi connectivity index (χ1) is 15.1. The summed E-state index contributed by atoms with van der Waals surface area (Å²) in [4.78, 5) is 39.1. The topological polar surface area (TPSA) is 100 Å². The standard InChI is InChI=1S/C23H23N5O3/c1-2-31-22(29)14-9-11-28(12-10-14)23(30)24-15-7-8-17-16(13-15)20-21(26-17)27-19-6-4-3-5-18(19)25-20/h3-8,13-14H,2,9-12H2,1H3,(H,24,30)(H,26,27). The summed E-state index contributed by atoms with van der Waals surface area (Å²) >= 11 is 0. The summed E-state index contributed by atoms with van der Waals surface area (Å²) in [5, 5.41) is 3.88. The zero-order chi connectivity index (χ0) is 21.4. The Bertz CT molecular complexity index is 1290. The monoisotopic (exact) mass is 417 g/mol. The molecular formula is C23H23N5O3. The van der Waals surface area contributed by atoms with E-state index in [4.69, 9.17) is 9.72 Å².